The monoisotopic (exact) mass is 254 g/mol. The van der Waals surface area contributed by atoms with Crippen LogP contribution in [0.2, 0.25) is 0 Å². The van der Waals surface area contributed by atoms with Crippen molar-refractivity contribution in [3.63, 3.8) is 0 Å². The Labute approximate surface area is 105 Å². The van der Waals surface area contributed by atoms with Crippen molar-refractivity contribution in [2.75, 3.05) is 0 Å². The second-order valence-corrected chi connectivity index (χ2v) is 3.63. The van der Waals surface area contributed by atoms with E-state index in [-0.39, 0.29) is 11.8 Å². The third-order valence-corrected chi connectivity index (χ3v) is 2.44. The molecule has 0 aliphatic heterocycles. The van der Waals surface area contributed by atoms with Crippen molar-refractivity contribution in [3.8, 4) is 17.6 Å². The predicted molar refractivity (Wildman–Crippen MR) is 65.8 cm³/mol. The Morgan fingerprint density at radius 3 is 2.50 bits per heavy atom. The van der Waals surface area contributed by atoms with Crippen LogP contribution in [0.15, 0.2) is 24.3 Å². The van der Waals surface area contributed by atoms with E-state index in [9.17, 15) is 8.78 Å². The van der Waals surface area contributed by atoms with Gasteiger partial charge in [0.25, 0.3) is 0 Å². The van der Waals surface area contributed by atoms with Gasteiger partial charge in [-0.2, -0.15) is 8.78 Å². The van der Waals surface area contributed by atoms with Gasteiger partial charge in [0, 0.05) is 12.5 Å². The molecule has 0 aliphatic rings. The van der Waals surface area contributed by atoms with Crippen molar-refractivity contribution in [2.45, 2.75) is 32.4 Å². The molecular formula is C13H16F2N2O. The maximum absolute atomic E-state index is 12.0. The summed E-state index contributed by atoms with van der Waals surface area (Å²) in [6.45, 7) is -1.03. The molecule has 18 heavy (non-hydrogen) atoms. The SMILES string of the molecule is CC#CCCC(NN)c1ccc(OC(F)F)cc1. The van der Waals surface area contributed by atoms with Crippen molar-refractivity contribution in [1.29, 1.82) is 0 Å². The molecule has 0 saturated carbocycles. The highest BCUT2D eigenvalue weighted by atomic mass is 19.3. The number of ether oxygens (including phenoxy) is 1. The summed E-state index contributed by atoms with van der Waals surface area (Å²) in [4.78, 5) is 0. The molecule has 98 valence electrons. The number of hydrazine groups is 1. The Morgan fingerprint density at radius 1 is 1.33 bits per heavy atom. The van der Waals surface area contributed by atoms with E-state index in [1.165, 1.54) is 12.1 Å². The third-order valence-electron chi connectivity index (χ3n) is 2.44. The van der Waals surface area contributed by atoms with Gasteiger partial charge >= 0.3 is 6.61 Å². The summed E-state index contributed by atoms with van der Waals surface area (Å²) in [5.74, 6) is 11.4. The van der Waals surface area contributed by atoms with E-state index in [1.807, 2.05) is 0 Å². The van der Waals surface area contributed by atoms with Crippen LogP contribution in [0.5, 0.6) is 5.75 Å². The maximum Gasteiger partial charge on any atom is 0.387 e. The molecular weight excluding hydrogens is 238 g/mol. The van der Waals surface area contributed by atoms with Gasteiger partial charge in [-0.15, -0.1) is 11.8 Å². The maximum atomic E-state index is 12.0. The smallest absolute Gasteiger partial charge is 0.387 e. The lowest BCUT2D eigenvalue weighted by atomic mass is 10.0. The second kappa shape index (κ2) is 7.64. The lowest BCUT2D eigenvalue weighted by Gasteiger charge is -2.15. The van der Waals surface area contributed by atoms with Gasteiger partial charge in [0.1, 0.15) is 5.75 Å². The second-order valence-electron chi connectivity index (χ2n) is 3.63. The largest absolute Gasteiger partial charge is 0.435 e. The Hall–Kier alpha value is -1.64. The van der Waals surface area contributed by atoms with E-state index < -0.39 is 6.61 Å². The fourth-order valence-corrected chi connectivity index (χ4v) is 1.57. The molecule has 1 atom stereocenters. The Bertz CT molecular complexity index is 409. The number of nitrogens with two attached hydrogens (primary N) is 1. The first-order valence-electron chi connectivity index (χ1n) is 5.58. The van der Waals surface area contributed by atoms with Crippen LogP contribution in [-0.2, 0) is 0 Å². The van der Waals surface area contributed by atoms with E-state index in [0.717, 1.165) is 18.4 Å². The minimum Gasteiger partial charge on any atom is -0.435 e. The minimum absolute atomic E-state index is 0.0496. The standard InChI is InChI=1S/C13H16F2N2O/c1-2-3-4-5-12(17-16)10-6-8-11(9-7-10)18-13(14)15/h6-9,12-13,17H,4-5,16H2,1H3. The summed E-state index contributed by atoms with van der Waals surface area (Å²) < 4.78 is 28.2. The first kappa shape index (κ1) is 14.4. The number of hydrogen-bond acceptors (Lipinski definition) is 3. The van der Waals surface area contributed by atoms with Gasteiger partial charge in [-0.05, 0) is 31.0 Å². The normalized spacial score (nSPS) is 11.8. The predicted octanol–water partition coefficient (Wildman–Crippen LogP) is 2.60. The van der Waals surface area contributed by atoms with Crippen molar-refractivity contribution < 1.29 is 13.5 Å². The summed E-state index contributed by atoms with van der Waals surface area (Å²) in [5.41, 5.74) is 3.59. The molecule has 5 heteroatoms. The third kappa shape index (κ3) is 4.70. The molecule has 0 bridgehead atoms. The average Bonchev–Trinajstić information content (AvgIpc) is 2.35. The van der Waals surface area contributed by atoms with E-state index in [0.29, 0.717) is 0 Å². The van der Waals surface area contributed by atoms with Gasteiger partial charge in [-0.25, -0.2) is 0 Å². The minimum atomic E-state index is -2.81. The van der Waals surface area contributed by atoms with Crippen LogP contribution in [-0.4, -0.2) is 6.61 Å². The molecule has 0 spiro atoms. The van der Waals surface area contributed by atoms with Crippen molar-refractivity contribution in [1.82, 2.24) is 5.43 Å². The van der Waals surface area contributed by atoms with Crippen LogP contribution < -0.4 is 16.0 Å². The number of nitrogens with one attached hydrogen (secondary N) is 1. The van der Waals surface area contributed by atoms with E-state index >= 15 is 0 Å². The molecule has 1 rings (SSSR count). The fraction of sp³-hybridized carbons (Fsp3) is 0.385. The van der Waals surface area contributed by atoms with Crippen LogP contribution in [0.25, 0.3) is 0 Å². The van der Waals surface area contributed by atoms with E-state index in [2.05, 4.69) is 22.0 Å². The van der Waals surface area contributed by atoms with E-state index in [1.54, 1.807) is 19.1 Å². The van der Waals surface area contributed by atoms with Gasteiger partial charge in [0.05, 0.1) is 0 Å². The van der Waals surface area contributed by atoms with Gasteiger partial charge in [0.15, 0.2) is 0 Å². The average molecular weight is 254 g/mol. The molecule has 0 fully saturated rings. The Kier molecular flexibility index (Phi) is 6.12. The zero-order chi connectivity index (χ0) is 13.4. The molecule has 1 aromatic carbocycles. The van der Waals surface area contributed by atoms with Crippen LogP contribution in [0, 0.1) is 11.8 Å². The number of rotatable bonds is 6. The molecule has 0 aromatic heterocycles. The topological polar surface area (TPSA) is 47.3 Å². The molecule has 0 saturated heterocycles. The Morgan fingerprint density at radius 2 is 2.00 bits per heavy atom. The number of hydrogen-bond donors (Lipinski definition) is 2. The first-order chi connectivity index (χ1) is 8.67. The van der Waals surface area contributed by atoms with E-state index in [4.69, 9.17) is 5.84 Å². The highest BCUT2D eigenvalue weighted by Crippen LogP contribution is 2.21. The molecule has 3 nitrogen and oxygen atoms in total. The molecule has 0 heterocycles. The van der Waals surface area contributed by atoms with Crippen LogP contribution in [0.1, 0.15) is 31.4 Å². The van der Waals surface area contributed by atoms with Crippen LogP contribution in [0.3, 0.4) is 0 Å². The molecule has 0 amide bonds. The Balaban J connectivity index is 2.65. The van der Waals surface area contributed by atoms with Crippen molar-refractivity contribution in [2.24, 2.45) is 5.84 Å². The number of benzene rings is 1. The van der Waals surface area contributed by atoms with Crippen LogP contribution >= 0.6 is 0 Å². The highest BCUT2D eigenvalue weighted by molar-refractivity contribution is 5.29. The summed E-state index contributed by atoms with van der Waals surface area (Å²) in [6.07, 6.45) is 1.48. The number of alkyl halides is 2. The lowest BCUT2D eigenvalue weighted by Crippen LogP contribution is -2.27. The molecule has 3 N–H and O–H groups in total. The summed E-state index contributed by atoms with van der Waals surface area (Å²) >= 11 is 0. The summed E-state index contributed by atoms with van der Waals surface area (Å²) in [6, 6.07) is 6.36. The first-order valence-corrected chi connectivity index (χ1v) is 5.58. The fourth-order valence-electron chi connectivity index (χ4n) is 1.57. The molecule has 1 unspecified atom stereocenters. The van der Waals surface area contributed by atoms with Gasteiger partial charge < -0.3 is 4.74 Å². The van der Waals surface area contributed by atoms with Crippen molar-refractivity contribution in [3.05, 3.63) is 29.8 Å². The zero-order valence-electron chi connectivity index (χ0n) is 10.1. The summed E-state index contributed by atoms with van der Waals surface area (Å²) in [5, 5.41) is 0. The highest BCUT2D eigenvalue weighted by Gasteiger charge is 2.10. The van der Waals surface area contributed by atoms with Gasteiger partial charge in [0.2, 0.25) is 0 Å². The molecule has 1 aromatic rings. The quantitative estimate of drug-likeness (QED) is 0.466. The van der Waals surface area contributed by atoms with Gasteiger partial charge in [-0.3, -0.25) is 11.3 Å². The number of halogens is 2. The van der Waals surface area contributed by atoms with Gasteiger partial charge in [-0.1, -0.05) is 12.1 Å². The zero-order valence-corrected chi connectivity index (χ0v) is 10.1. The van der Waals surface area contributed by atoms with Crippen LogP contribution in [0.4, 0.5) is 8.78 Å². The molecule has 0 aliphatic carbocycles. The lowest BCUT2D eigenvalue weighted by molar-refractivity contribution is -0.0498. The van der Waals surface area contributed by atoms with Crippen molar-refractivity contribution >= 4 is 0 Å². The summed E-state index contributed by atoms with van der Waals surface area (Å²) in [7, 11) is 0. The molecule has 0 radical (unpaired) electrons.